The first kappa shape index (κ1) is 10.8. The molecule has 1 heterocycles. The van der Waals surface area contributed by atoms with Crippen molar-refractivity contribution >= 4 is 12.0 Å². The van der Waals surface area contributed by atoms with Crippen LogP contribution in [0.4, 0.5) is 4.79 Å². The van der Waals surface area contributed by atoms with Crippen LogP contribution >= 0.6 is 0 Å². The number of carbonyl (C=O) groups is 2. The molecule has 14 heavy (non-hydrogen) atoms. The van der Waals surface area contributed by atoms with Crippen molar-refractivity contribution in [2.75, 3.05) is 20.6 Å². The lowest BCUT2D eigenvalue weighted by molar-refractivity contribution is -0.142. The van der Waals surface area contributed by atoms with Crippen LogP contribution in [0.3, 0.4) is 0 Å². The Bertz CT molecular complexity index is 252. The number of rotatable bonds is 1. The van der Waals surface area contributed by atoms with Crippen molar-refractivity contribution in [2.45, 2.75) is 19.4 Å². The smallest absolute Gasteiger partial charge is 0.319 e. The first-order chi connectivity index (χ1) is 6.45. The molecule has 0 spiro atoms. The maximum absolute atomic E-state index is 11.6. The van der Waals surface area contributed by atoms with E-state index in [4.69, 9.17) is 5.11 Å². The molecule has 1 rings (SSSR count). The molecule has 1 aliphatic heterocycles. The number of hydrogen-bond donors (Lipinski definition) is 1. The topological polar surface area (TPSA) is 60.9 Å². The molecule has 2 atom stereocenters. The Labute approximate surface area is 83.3 Å². The third-order valence-corrected chi connectivity index (χ3v) is 2.70. The van der Waals surface area contributed by atoms with Crippen molar-refractivity contribution < 1.29 is 14.7 Å². The van der Waals surface area contributed by atoms with E-state index in [-0.39, 0.29) is 12.1 Å². The van der Waals surface area contributed by atoms with Crippen molar-refractivity contribution in [1.29, 1.82) is 0 Å². The quantitative estimate of drug-likeness (QED) is 0.669. The van der Waals surface area contributed by atoms with Crippen molar-refractivity contribution in [2.24, 2.45) is 5.92 Å². The average Bonchev–Trinajstić information content (AvgIpc) is 2.45. The predicted molar refractivity (Wildman–Crippen MR) is 51.0 cm³/mol. The Morgan fingerprint density at radius 1 is 1.43 bits per heavy atom. The number of hydrogen-bond acceptors (Lipinski definition) is 2. The summed E-state index contributed by atoms with van der Waals surface area (Å²) in [6.45, 7) is 2.32. The molecule has 5 nitrogen and oxygen atoms in total. The molecule has 0 saturated carbocycles. The monoisotopic (exact) mass is 200 g/mol. The van der Waals surface area contributed by atoms with Crippen LogP contribution in [0.15, 0.2) is 0 Å². The average molecular weight is 200 g/mol. The van der Waals surface area contributed by atoms with Gasteiger partial charge in [0.2, 0.25) is 0 Å². The summed E-state index contributed by atoms with van der Waals surface area (Å²) in [5.74, 6) is -1.23. The van der Waals surface area contributed by atoms with Gasteiger partial charge in [-0.2, -0.15) is 0 Å². The van der Waals surface area contributed by atoms with Gasteiger partial charge in [-0.1, -0.05) is 0 Å². The standard InChI is InChI=1S/C9H16N2O3/c1-6-7(8(12)13)4-5-11(6)9(14)10(2)3/h6-7H,4-5H2,1-3H3,(H,12,13). The van der Waals surface area contributed by atoms with E-state index in [0.29, 0.717) is 13.0 Å². The normalized spacial score (nSPS) is 26.4. The largest absolute Gasteiger partial charge is 0.481 e. The van der Waals surface area contributed by atoms with E-state index in [1.807, 2.05) is 0 Å². The zero-order chi connectivity index (χ0) is 10.9. The fraction of sp³-hybridized carbons (Fsp3) is 0.778. The van der Waals surface area contributed by atoms with Crippen LogP contribution < -0.4 is 0 Å². The lowest BCUT2D eigenvalue weighted by atomic mass is 10.0. The third-order valence-electron chi connectivity index (χ3n) is 2.70. The number of likely N-dealkylation sites (tertiary alicyclic amines) is 1. The van der Waals surface area contributed by atoms with E-state index in [0.717, 1.165) is 0 Å². The maximum atomic E-state index is 11.6. The van der Waals surface area contributed by atoms with Gasteiger partial charge in [0, 0.05) is 26.7 Å². The lowest BCUT2D eigenvalue weighted by Gasteiger charge is -2.26. The molecule has 0 aromatic heterocycles. The van der Waals surface area contributed by atoms with Crippen molar-refractivity contribution in [3.63, 3.8) is 0 Å². The number of urea groups is 1. The van der Waals surface area contributed by atoms with Crippen LogP contribution in [-0.4, -0.2) is 53.6 Å². The van der Waals surface area contributed by atoms with Gasteiger partial charge in [-0.3, -0.25) is 4.79 Å². The fourth-order valence-corrected chi connectivity index (χ4v) is 1.80. The van der Waals surface area contributed by atoms with E-state index in [1.54, 1.807) is 25.9 Å². The fourth-order valence-electron chi connectivity index (χ4n) is 1.80. The molecule has 0 aliphatic carbocycles. The molecule has 0 aromatic carbocycles. The highest BCUT2D eigenvalue weighted by Crippen LogP contribution is 2.24. The second kappa shape index (κ2) is 3.86. The van der Waals surface area contributed by atoms with Crippen molar-refractivity contribution in [1.82, 2.24) is 9.80 Å². The summed E-state index contributed by atoms with van der Waals surface area (Å²) in [4.78, 5) is 25.5. The summed E-state index contributed by atoms with van der Waals surface area (Å²) in [6, 6.07) is -0.316. The van der Waals surface area contributed by atoms with Crippen LogP contribution in [0.25, 0.3) is 0 Å². The summed E-state index contributed by atoms with van der Waals surface area (Å²) in [5.41, 5.74) is 0. The zero-order valence-corrected chi connectivity index (χ0v) is 8.73. The molecule has 1 N–H and O–H groups in total. The molecular formula is C9H16N2O3. The number of carbonyl (C=O) groups excluding carboxylic acids is 1. The second-order valence-electron chi connectivity index (χ2n) is 3.84. The lowest BCUT2D eigenvalue weighted by Crippen LogP contribution is -2.43. The van der Waals surface area contributed by atoms with Gasteiger partial charge in [0.05, 0.1) is 5.92 Å². The molecule has 0 aromatic rings. The van der Waals surface area contributed by atoms with Crippen molar-refractivity contribution in [3.05, 3.63) is 0 Å². The summed E-state index contributed by atoms with van der Waals surface area (Å²) in [7, 11) is 3.34. The molecule has 1 saturated heterocycles. The number of nitrogens with zero attached hydrogens (tertiary/aromatic N) is 2. The number of carboxylic acids is 1. The van der Waals surface area contributed by atoms with E-state index >= 15 is 0 Å². The first-order valence-electron chi connectivity index (χ1n) is 4.66. The van der Waals surface area contributed by atoms with Crippen LogP contribution in [0.2, 0.25) is 0 Å². The Kier molecular flexibility index (Phi) is 2.98. The van der Waals surface area contributed by atoms with Gasteiger partial charge in [-0.05, 0) is 13.3 Å². The van der Waals surface area contributed by atoms with E-state index < -0.39 is 11.9 Å². The van der Waals surface area contributed by atoms with Gasteiger partial charge < -0.3 is 14.9 Å². The summed E-state index contributed by atoms with van der Waals surface area (Å²) in [5, 5.41) is 8.87. The number of amides is 2. The van der Waals surface area contributed by atoms with Crippen molar-refractivity contribution in [3.8, 4) is 0 Å². The molecule has 1 aliphatic rings. The predicted octanol–water partition coefficient (Wildman–Crippen LogP) is 0.463. The Hall–Kier alpha value is -1.26. The Morgan fingerprint density at radius 3 is 2.36 bits per heavy atom. The molecule has 2 amide bonds. The highest BCUT2D eigenvalue weighted by atomic mass is 16.4. The highest BCUT2D eigenvalue weighted by Gasteiger charge is 2.38. The van der Waals surface area contributed by atoms with E-state index in [2.05, 4.69) is 0 Å². The first-order valence-corrected chi connectivity index (χ1v) is 4.66. The van der Waals surface area contributed by atoms with Gasteiger partial charge in [-0.25, -0.2) is 4.79 Å². The minimum Gasteiger partial charge on any atom is -0.481 e. The molecule has 0 radical (unpaired) electrons. The Balaban J connectivity index is 2.68. The minimum atomic E-state index is -0.813. The number of aliphatic carboxylic acids is 1. The Morgan fingerprint density at radius 2 is 2.00 bits per heavy atom. The summed E-state index contributed by atoms with van der Waals surface area (Å²) >= 11 is 0. The van der Waals surface area contributed by atoms with E-state index in [1.165, 1.54) is 4.90 Å². The van der Waals surface area contributed by atoms with E-state index in [9.17, 15) is 9.59 Å². The van der Waals surface area contributed by atoms with Crippen LogP contribution in [0.1, 0.15) is 13.3 Å². The van der Waals surface area contributed by atoms with Gasteiger partial charge in [-0.15, -0.1) is 0 Å². The summed E-state index contributed by atoms with van der Waals surface area (Å²) in [6.07, 6.45) is 0.552. The molecule has 2 unspecified atom stereocenters. The summed E-state index contributed by atoms with van der Waals surface area (Å²) < 4.78 is 0. The molecule has 80 valence electrons. The SMILES string of the molecule is CC1C(C(=O)O)CCN1C(=O)N(C)C. The highest BCUT2D eigenvalue weighted by molar-refractivity contribution is 5.77. The van der Waals surface area contributed by atoms with Crippen LogP contribution in [0, 0.1) is 5.92 Å². The number of carboxylic acid groups (broad SMARTS) is 1. The maximum Gasteiger partial charge on any atom is 0.319 e. The van der Waals surface area contributed by atoms with Crippen LogP contribution in [0.5, 0.6) is 0 Å². The molecule has 0 bridgehead atoms. The van der Waals surface area contributed by atoms with Gasteiger partial charge >= 0.3 is 12.0 Å². The molecule has 5 heteroatoms. The molecule has 1 fully saturated rings. The third kappa shape index (κ3) is 1.81. The molecular weight excluding hydrogens is 184 g/mol. The zero-order valence-electron chi connectivity index (χ0n) is 8.73. The second-order valence-corrected chi connectivity index (χ2v) is 3.84. The van der Waals surface area contributed by atoms with Gasteiger partial charge in [0.1, 0.15) is 0 Å². The van der Waals surface area contributed by atoms with Crippen LogP contribution in [-0.2, 0) is 4.79 Å². The van der Waals surface area contributed by atoms with Gasteiger partial charge in [0.25, 0.3) is 0 Å². The van der Waals surface area contributed by atoms with Gasteiger partial charge in [0.15, 0.2) is 0 Å². The minimum absolute atomic E-state index is 0.110.